The van der Waals surface area contributed by atoms with E-state index in [1.807, 2.05) is 4.57 Å². The monoisotopic (exact) mass is 532 g/mol. The molecule has 6 rings (SSSR count). The van der Waals surface area contributed by atoms with Gasteiger partial charge in [0.15, 0.2) is 0 Å². The third-order valence-electron chi connectivity index (χ3n) is 6.62. The maximum Gasteiger partial charge on any atom is 0.259 e. The van der Waals surface area contributed by atoms with E-state index in [0.29, 0.717) is 50.4 Å². The van der Waals surface area contributed by atoms with Crippen LogP contribution in [0.1, 0.15) is 38.4 Å². The van der Waals surface area contributed by atoms with Crippen molar-refractivity contribution in [2.75, 3.05) is 0 Å². The summed E-state index contributed by atoms with van der Waals surface area (Å²) < 4.78 is 3.42. The van der Waals surface area contributed by atoms with Crippen molar-refractivity contribution < 1.29 is 19.5 Å². The molecule has 2 amide bonds. The van der Waals surface area contributed by atoms with Crippen LogP contribution in [0.2, 0.25) is 10.0 Å². The lowest BCUT2D eigenvalue weighted by molar-refractivity contribution is 0.0874. The summed E-state index contributed by atoms with van der Waals surface area (Å²) in [6.45, 7) is 0.440. The van der Waals surface area contributed by atoms with Crippen molar-refractivity contribution in [3.8, 4) is 16.9 Å². The number of imide groups is 1. The summed E-state index contributed by atoms with van der Waals surface area (Å²) in [6, 6.07) is 11.7. The fourth-order valence-electron chi connectivity index (χ4n) is 5.05. The number of nitrogens with one attached hydrogen (secondary N) is 1. The predicted octanol–water partition coefficient (Wildman–Crippen LogP) is 5.67. The molecule has 1 aliphatic rings. The van der Waals surface area contributed by atoms with Gasteiger partial charge in [-0.05, 0) is 42.8 Å². The van der Waals surface area contributed by atoms with Gasteiger partial charge in [-0.15, -0.1) is 0 Å². The summed E-state index contributed by atoms with van der Waals surface area (Å²) in [5, 5.41) is 14.5. The van der Waals surface area contributed by atoms with E-state index >= 15 is 0 Å². The van der Waals surface area contributed by atoms with Gasteiger partial charge in [-0.25, -0.2) is 4.98 Å². The molecule has 0 aliphatic carbocycles. The molecular weight excluding hydrogens is 515 g/mol. The summed E-state index contributed by atoms with van der Waals surface area (Å²) in [7, 11) is 0. The van der Waals surface area contributed by atoms with Gasteiger partial charge in [0.1, 0.15) is 12.1 Å². The number of carbonyl (C=O) groups is 3. The Morgan fingerprint density at radius 2 is 1.73 bits per heavy atom. The SMILES string of the molecule is O=C1NC(=O)c2c1c(-c1c(Cl)cccc1Cl)cc1c2c2cc(O)ccc2n1CCCC(=O)n1ccnc1. The molecule has 3 heterocycles. The summed E-state index contributed by atoms with van der Waals surface area (Å²) in [5.41, 5.74) is 2.68. The topological polar surface area (TPSA) is 106 Å². The summed E-state index contributed by atoms with van der Waals surface area (Å²) in [6.07, 6.45) is 5.38. The number of rotatable bonds is 5. The van der Waals surface area contributed by atoms with Crippen LogP contribution in [-0.2, 0) is 6.54 Å². The van der Waals surface area contributed by atoms with Crippen LogP contribution in [0.25, 0.3) is 32.9 Å². The molecule has 184 valence electrons. The first-order valence-corrected chi connectivity index (χ1v) is 12.2. The van der Waals surface area contributed by atoms with Crippen LogP contribution in [0.4, 0.5) is 0 Å². The first kappa shape index (κ1) is 23.3. The molecule has 0 spiro atoms. The van der Waals surface area contributed by atoms with E-state index in [-0.39, 0.29) is 29.2 Å². The summed E-state index contributed by atoms with van der Waals surface area (Å²) >= 11 is 13.0. The Hall–Kier alpha value is -4.14. The minimum atomic E-state index is -0.542. The van der Waals surface area contributed by atoms with Crippen molar-refractivity contribution in [1.29, 1.82) is 0 Å². The van der Waals surface area contributed by atoms with Crippen molar-refractivity contribution >= 4 is 62.7 Å². The first-order chi connectivity index (χ1) is 17.8. The number of hydrogen-bond acceptors (Lipinski definition) is 5. The number of imidazole rings is 1. The van der Waals surface area contributed by atoms with E-state index in [4.69, 9.17) is 23.2 Å². The second kappa shape index (κ2) is 8.76. The molecule has 0 saturated heterocycles. The van der Waals surface area contributed by atoms with Crippen LogP contribution in [-0.4, -0.2) is 36.9 Å². The number of aromatic hydroxyl groups is 1. The minimum Gasteiger partial charge on any atom is -0.508 e. The number of aryl methyl sites for hydroxylation is 1. The third kappa shape index (κ3) is 3.68. The highest BCUT2D eigenvalue weighted by Crippen LogP contribution is 2.44. The van der Waals surface area contributed by atoms with Crippen LogP contribution in [0.5, 0.6) is 5.75 Å². The highest BCUT2D eigenvalue weighted by molar-refractivity contribution is 6.41. The van der Waals surface area contributed by atoms with Crippen LogP contribution < -0.4 is 5.32 Å². The highest BCUT2D eigenvalue weighted by atomic mass is 35.5. The van der Waals surface area contributed by atoms with Gasteiger partial charge in [-0.3, -0.25) is 24.3 Å². The number of fused-ring (bicyclic) bond motifs is 5. The third-order valence-corrected chi connectivity index (χ3v) is 7.25. The Kier molecular flexibility index (Phi) is 5.51. The summed E-state index contributed by atoms with van der Waals surface area (Å²) in [5.74, 6) is -1.14. The number of hydrogen-bond donors (Lipinski definition) is 2. The average molecular weight is 533 g/mol. The first-order valence-electron chi connectivity index (χ1n) is 11.5. The van der Waals surface area contributed by atoms with E-state index in [2.05, 4.69) is 10.3 Å². The normalized spacial score (nSPS) is 12.9. The smallest absolute Gasteiger partial charge is 0.259 e. The number of nitrogens with zero attached hydrogens (tertiary/aromatic N) is 3. The van der Waals surface area contributed by atoms with Gasteiger partial charge < -0.3 is 9.67 Å². The van der Waals surface area contributed by atoms with Crippen molar-refractivity contribution in [3.63, 3.8) is 0 Å². The van der Waals surface area contributed by atoms with Gasteiger partial charge >= 0.3 is 0 Å². The number of aromatic nitrogens is 3. The van der Waals surface area contributed by atoms with E-state index < -0.39 is 11.8 Å². The quantitative estimate of drug-likeness (QED) is 0.283. The molecule has 0 fully saturated rings. The van der Waals surface area contributed by atoms with Crippen LogP contribution >= 0.6 is 23.2 Å². The number of amides is 2. The van der Waals surface area contributed by atoms with Crippen molar-refractivity contribution in [1.82, 2.24) is 19.4 Å². The largest absolute Gasteiger partial charge is 0.508 e. The maximum atomic E-state index is 13.1. The number of phenols is 1. The predicted molar refractivity (Wildman–Crippen MR) is 140 cm³/mol. The lowest BCUT2D eigenvalue weighted by atomic mass is 9.92. The molecule has 1 aliphatic heterocycles. The Bertz CT molecular complexity index is 1750. The molecule has 37 heavy (non-hydrogen) atoms. The van der Waals surface area contributed by atoms with Gasteiger partial charge in [-0.2, -0.15) is 0 Å². The van der Waals surface area contributed by atoms with E-state index in [1.165, 1.54) is 10.9 Å². The number of benzene rings is 3. The van der Waals surface area contributed by atoms with E-state index in [1.54, 1.807) is 54.9 Å². The second-order valence-electron chi connectivity index (χ2n) is 8.77. The van der Waals surface area contributed by atoms with Crippen molar-refractivity contribution in [2.24, 2.45) is 0 Å². The minimum absolute atomic E-state index is 0.0264. The van der Waals surface area contributed by atoms with Gasteiger partial charge in [-0.1, -0.05) is 29.3 Å². The van der Waals surface area contributed by atoms with Crippen molar-refractivity contribution in [2.45, 2.75) is 19.4 Å². The van der Waals surface area contributed by atoms with Gasteiger partial charge in [0.25, 0.3) is 11.8 Å². The standard InChI is InChI=1S/C27H18Cl2N4O4/c28-17-3-1-4-18(29)22(17)16-12-20-23(25-24(16)26(36)31-27(25)37)15-11-14(34)6-7-19(15)33(20)9-2-5-21(35)32-10-8-30-13-32/h1,3-4,6-8,10-13,34H,2,5,9H2,(H,31,36,37). The maximum absolute atomic E-state index is 13.1. The van der Waals surface area contributed by atoms with Crippen LogP contribution in [0, 0.1) is 0 Å². The fourth-order valence-corrected chi connectivity index (χ4v) is 5.65. The zero-order valence-corrected chi connectivity index (χ0v) is 20.7. The number of halogens is 2. The van der Waals surface area contributed by atoms with Crippen LogP contribution in [0.3, 0.4) is 0 Å². The molecule has 8 nitrogen and oxygen atoms in total. The zero-order valence-electron chi connectivity index (χ0n) is 19.2. The summed E-state index contributed by atoms with van der Waals surface area (Å²) in [4.78, 5) is 42.5. The number of phenolic OH excluding ortho intramolecular Hbond substituents is 1. The number of carbonyl (C=O) groups excluding carboxylic acids is 3. The molecule has 3 aromatic carbocycles. The molecule has 2 N–H and O–H groups in total. The molecule has 0 unspecified atom stereocenters. The van der Waals surface area contributed by atoms with E-state index in [0.717, 1.165) is 5.52 Å². The average Bonchev–Trinajstić information content (AvgIpc) is 3.57. The fraction of sp³-hybridized carbons (Fsp3) is 0.111. The molecular formula is C27H18Cl2N4O4. The van der Waals surface area contributed by atoms with Crippen LogP contribution in [0.15, 0.2) is 61.2 Å². The molecule has 5 aromatic rings. The van der Waals surface area contributed by atoms with Gasteiger partial charge in [0, 0.05) is 62.8 Å². The Morgan fingerprint density at radius 3 is 2.46 bits per heavy atom. The van der Waals surface area contributed by atoms with Gasteiger partial charge in [0.2, 0.25) is 5.91 Å². The highest BCUT2D eigenvalue weighted by Gasteiger charge is 2.35. The van der Waals surface area contributed by atoms with Crippen molar-refractivity contribution in [3.05, 3.63) is 82.4 Å². The molecule has 0 saturated carbocycles. The van der Waals surface area contributed by atoms with E-state index in [9.17, 15) is 19.5 Å². The lowest BCUT2D eigenvalue weighted by Gasteiger charge is -2.13. The zero-order chi connectivity index (χ0) is 25.8. The second-order valence-corrected chi connectivity index (χ2v) is 9.58. The Morgan fingerprint density at radius 1 is 0.973 bits per heavy atom. The molecule has 10 heteroatoms. The molecule has 2 aromatic heterocycles. The molecule has 0 radical (unpaired) electrons. The molecule has 0 bridgehead atoms. The lowest BCUT2D eigenvalue weighted by Crippen LogP contribution is -2.20. The Balaban J connectivity index is 1.59. The molecule has 0 atom stereocenters. The Labute approximate surface area is 220 Å². The van der Waals surface area contributed by atoms with Gasteiger partial charge in [0.05, 0.1) is 16.6 Å².